The van der Waals surface area contributed by atoms with Crippen molar-refractivity contribution in [3.63, 3.8) is 0 Å². The fourth-order valence-corrected chi connectivity index (χ4v) is 2.22. The van der Waals surface area contributed by atoms with E-state index in [0.717, 1.165) is 32.1 Å². The number of carboxylic acid groups (broad SMARTS) is 1. The van der Waals surface area contributed by atoms with Gasteiger partial charge in [-0.25, -0.2) is 0 Å². The number of aliphatic hydroxyl groups excluding tert-OH is 3. The summed E-state index contributed by atoms with van der Waals surface area (Å²) in [5, 5.41) is 37.9. The second-order valence-corrected chi connectivity index (χ2v) is 6.21. The van der Waals surface area contributed by atoms with Gasteiger partial charge in [0, 0.05) is 6.42 Å². The first kappa shape index (κ1) is 23.6. The van der Waals surface area contributed by atoms with Gasteiger partial charge in [0.25, 0.3) is 0 Å². The van der Waals surface area contributed by atoms with Crippen molar-refractivity contribution in [2.24, 2.45) is 0 Å². The topological polar surface area (TPSA) is 98.0 Å². The average Bonchev–Trinajstić information content (AvgIpc) is 2.57. The third kappa shape index (κ3) is 15.8. The van der Waals surface area contributed by atoms with Gasteiger partial charge >= 0.3 is 5.97 Å². The van der Waals surface area contributed by atoms with Crippen LogP contribution >= 0.6 is 0 Å². The van der Waals surface area contributed by atoms with Gasteiger partial charge in [-0.15, -0.1) is 0 Å². The molecule has 0 aliphatic carbocycles. The second-order valence-electron chi connectivity index (χ2n) is 6.21. The van der Waals surface area contributed by atoms with Crippen LogP contribution in [0.2, 0.25) is 0 Å². The van der Waals surface area contributed by atoms with Crippen LogP contribution in [-0.4, -0.2) is 44.7 Å². The van der Waals surface area contributed by atoms with Crippen LogP contribution in [0.15, 0.2) is 36.5 Å². The summed E-state index contributed by atoms with van der Waals surface area (Å²) in [6, 6.07) is 0. The van der Waals surface area contributed by atoms with E-state index in [9.17, 15) is 20.1 Å². The molecule has 25 heavy (non-hydrogen) atoms. The van der Waals surface area contributed by atoms with Crippen molar-refractivity contribution in [1.82, 2.24) is 0 Å². The second kappa shape index (κ2) is 16.1. The lowest BCUT2D eigenvalue weighted by atomic mass is 10.0. The predicted octanol–water partition coefficient (Wildman–Crippen LogP) is 3.35. The number of carbonyl (C=O) groups is 1. The molecule has 0 radical (unpaired) electrons. The molecule has 0 aliphatic rings. The minimum Gasteiger partial charge on any atom is -0.481 e. The summed E-state index contributed by atoms with van der Waals surface area (Å²) in [5.41, 5.74) is 0. The van der Waals surface area contributed by atoms with Gasteiger partial charge in [-0.1, -0.05) is 62.6 Å². The van der Waals surface area contributed by atoms with Gasteiger partial charge in [-0.05, 0) is 32.1 Å². The van der Waals surface area contributed by atoms with Crippen molar-refractivity contribution in [2.75, 3.05) is 0 Å². The van der Waals surface area contributed by atoms with Gasteiger partial charge in [0.15, 0.2) is 0 Å². The maximum absolute atomic E-state index is 10.3. The number of hydrogen-bond acceptors (Lipinski definition) is 4. The molecule has 0 amide bonds. The largest absolute Gasteiger partial charge is 0.481 e. The van der Waals surface area contributed by atoms with E-state index in [-0.39, 0.29) is 6.42 Å². The lowest BCUT2D eigenvalue weighted by Gasteiger charge is -2.14. The van der Waals surface area contributed by atoms with Crippen molar-refractivity contribution in [3.05, 3.63) is 36.5 Å². The molecule has 0 heterocycles. The molecule has 0 aromatic carbocycles. The van der Waals surface area contributed by atoms with Crippen molar-refractivity contribution in [1.29, 1.82) is 0 Å². The molecule has 0 rings (SSSR count). The van der Waals surface area contributed by atoms with Crippen LogP contribution in [0, 0.1) is 0 Å². The quantitative estimate of drug-likeness (QED) is 0.267. The Morgan fingerprint density at radius 3 is 2.36 bits per heavy atom. The molecule has 0 aliphatic heterocycles. The smallest absolute Gasteiger partial charge is 0.303 e. The Hall–Kier alpha value is -1.43. The monoisotopic (exact) mass is 354 g/mol. The van der Waals surface area contributed by atoms with Crippen LogP contribution in [0.1, 0.15) is 64.7 Å². The van der Waals surface area contributed by atoms with Crippen molar-refractivity contribution < 1.29 is 25.2 Å². The number of aliphatic hydroxyl groups is 3. The standard InChI is InChI=1S/C20H34O5/c1-2-3-9-13-18(22)19(23)16-15-17(21)12-10-7-5-4-6-8-11-14-20(24)25/h4,6-7,10,15-19,21-23H,2-3,5,8-9,11-14H2,1H3,(H,24,25)/b6-4-,10-7-,16-15-. The van der Waals surface area contributed by atoms with Crippen molar-refractivity contribution >= 4 is 5.97 Å². The molecule has 0 bridgehead atoms. The average molecular weight is 354 g/mol. The minimum absolute atomic E-state index is 0.192. The molecular weight excluding hydrogens is 320 g/mol. The fraction of sp³-hybridized carbons (Fsp3) is 0.650. The summed E-state index contributed by atoms with van der Waals surface area (Å²) < 4.78 is 0. The molecule has 4 N–H and O–H groups in total. The van der Waals surface area contributed by atoms with Gasteiger partial charge in [0.2, 0.25) is 0 Å². The van der Waals surface area contributed by atoms with E-state index in [0.29, 0.717) is 19.3 Å². The highest BCUT2D eigenvalue weighted by Crippen LogP contribution is 2.08. The first-order valence-corrected chi connectivity index (χ1v) is 9.21. The molecule has 3 unspecified atom stereocenters. The molecular formula is C20H34O5. The van der Waals surface area contributed by atoms with Gasteiger partial charge in [-0.3, -0.25) is 4.79 Å². The number of rotatable bonds is 15. The first-order chi connectivity index (χ1) is 12.0. The highest BCUT2D eigenvalue weighted by molar-refractivity contribution is 5.66. The number of hydrogen-bond donors (Lipinski definition) is 4. The molecule has 3 atom stereocenters. The first-order valence-electron chi connectivity index (χ1n) is 9.21. The Bertz CT molecular complexity index is 414. The Kier molecular flexibility index (Phi) is 15.1. The van der Waals surface area contributed by atoms with E-state index in [1.54, 1.807) is 0 Å². The lowest BCUT2D eigenvalue weighted by molar-refractivity contribution is -0.137. The van der Waals surface area contributed by atoms with Crippen molar-refractivity contribution in [3.8, 4) is 0 Å². The number of allylic oxidation sites excluding steroid dienone is 3. The minimum atomic E-state index is -0.941. The van der Waals surface area contributed by atoms with Gasteiger partial charge < -0.3 is 20.4 Å². The molecule has 0 spiro atoms. The van der Waals surface area contributed by atoms with Crippen LogP contribution < -0.4 is 0 Å². The fourth-order valence-electron chi connectivity index (χ4n) is 2.22. The Labute approximate surface area is 151 Å². The highest BCUT2D eigenvalue weighted by atomic mass is 16.4. The number of aliphatic carboxylic acids is 1. The summed E-state index contributed by atoms with van der Waals surface area (Å²) in [4.78, 5) is 10.3. The van der Waals surface area contributed by atoms with Crippen LogP contribution in [0.25, 0.3) is 0 Å². The Balaban J connectivity index is 3.84. The molecule has 5 heteroatoms. The van der Waals surface area contributed by atoms with Gasteiger partial charge in [0.1, 0.15) is 0 Å². The summed E-state index contributed by atoms with van der Waals surface area (Å²) in [5.74, 6) is -0.770. The highest BCUT2D eigenvalue weighted by Gasteiger charge is 2.12. The maximum Gasteiger partial charge on any atom is 0.303 e. The van der Waals surface area contributed by atoms with E-state index in [2.05, 4.69) is 6.92 Å². The van der Waals surface area contributed by atoms with E-state index < -0.39 is 24.3 Å². The van der Waals surface area contributed by atoms with E-state index in [1.165, 1.54) is 12.2 Å². The molecule has 0 saturated heterocycles. The normalized spacial score (nSPS) is 16.0. The molecule has 0 fully saturated rings. The molecule has 0 aromatic rings. The van der Waals surface area contributed by atoms with Crippen molar-refractivity contribution in [2.45, 2.75) is 83.0 Å². The van der Waals surface area contributed by atoms with Crippen LogP contribution in [0.3, 0.4) is 0 Å². The summed E-state index contributed by atoms with van der Waals surface area (Å²) in [6.45, 7) is 2.09. The maximum atomic E-state index is 10.3. The van der Waals surface area contributed by atoms with Gasteiger partial charge in [-0.2, -0.15) is 0 Å². The SMILES string of the molecule is CCCCCC(O)C(O)/C=C\C(O)C/C=C\C/C=C\CCCC(=O)O. The molecule has 144 valence electrons. The summed E-state index contributed by atoms with van der Waals surface area (Å²) in [7, 11) is 0. The summed E-state index contributed by atoms with van der Waals surface area (Å²) >= 11 is 0. The van der Waals surface area contributed by atoms with Gasteiger partial charge in [0.05, 0.1) is 18.3 Å². The molecule has 5 nitrogen and oxygen atoms in total. The number of unbranched alkanes of at least 4 members (excludes halogenated alkanes) is 3. The van der Waals surface area contributed by atoms with E-state index in [4.69, 9.17) is 5.11 Å². The third-order valence-corrected chi connectivity index (χ3v) is 3.77. The lowest BCUT2D eigenvalue weighted by Crippen LogP contribution is -2.24. The zero-order valence-electron chi connectivity index (χ0n) is 15.3. The van der Waals surface area contributed by atoms with Crippen LogP contribution in [0.4, 0.5) is 0 Å². The predicted molar refractivity (Wildman–Crippen MR) is 100 cm³/mol. The molecule has 0 saturated carbocycles. The Morgan fingerprint density at radius 2 is 1.68 bits per heavy atom. The third-order valence-electron chi connectivity index (χ3n) is 3.77. The summed E-state index contributed by atoms with van der Waals surface area (Å²) in [6.07, 6.45) is 14.6. The Morgan fingerprint density at radius 1 is 0.960 bits per heavy atom. The van der Waals surface area contributed by atoms with Crippen LogP contribution in [0.5, 0.6) is 0 Å². The van der Waals surface area contributed by atoms with E-state index >= 15 is 0 Å². The van der Waals surface area contributed by atoms with Crippen LogP contribution in [-0.2, 0) is 4.79 Å². The number of carboxylic acids is 1. The van der Waals surface area contributed by atoms with E-state index in [1.807, 2.05) is 24.3 Å². The zero-order valence-corrected chi connectivity index (χ0v) is 15.3. The molecule has 0 aromatic heterocycles. The zero-order chi connectivity index (χ0) is 18.9.